The van der Waals surface area contributed by atoms with Gasteiger partial charge in [-0.3, -0.25) is 9.89 Å². The van der Waals surface area contributed by atoms with Gasteiger partial charge in [-0.25, -0.2) is 0 Å². The van der Waals surface area contributed by atoms with Gasteiger partial charge in [0.2, 0.25) is 5.91 Å². The number of amides is 1. The third kappa shape index (κ3) is 2.37. The number of benzene rings is 1. The summed E-state index contributed by atoms with van der Waals surface area (Å²) in [6, 6.07) is 5.71. The molecule has 1 aliphatic rings. The van der Waals surface area contributed by atoms with Gasteiger partial charge in [-0.05, 0) is 30.2 Å². The molecule has 5 N–H and O–H groups in total. The SMILES string of the molecule is Nc1cc2c(cc1NCc1ccn[nH]1)CCC(=O)N2. The molecule has 3 rings (SSSR count). The van der Waals surface area contributed by atoms with Crippen LogP contribution in [0.5, 0.6) is 0 Å². The van der Waals surface area contributed by atoms with Gasteiger partial charge in [0.15, 0.2) is 0 Å². The Labute approximate surface area is 110 Å². The first-order chi connectivity index (χ1) is 9.22. The molecule has 1 aliphatic heterocycles. The number of carbonyl (C=O) groups excluding carboxylic acids is 1. The number of hydrogen-bond donors (Lipinski definition) is 4. The molecule has 6 nitrogen and oxygen atoms in total. The van der Waals surface area contributed by atoms with E-state index in [0.717, 1.165) is 29.1 Å². The molecule has 6 heteroatoms. The number of nitrogens with zero attached hydrogens (tertiary/aromatic N) is 1. The summed E-state index contributed by atoms with van der Waals surface area (Å²) in [6.45, 7) is 0.634. The number of nitrogens with two attached hydrogens (primary N) is 1. The number of nitrogen functional groups attached to an aromatic ring is 1. The summed E-state index contributed by atoms with van der Waals surface area (Å²) in [6.07, 6.45) is 2.99. The lowest BCUT2D eigenvalue weighted by Gasteiger charge is -2.19. The number of aromatic nitrogens is 2. The molecule has 0 unspecified atom stereocenters. The second-order valence-electron chi connectivity index (χ2n) is 4.58. The number of aryl methyl sites for hydroxylation is 1. The van der Waals surface area contributed by atoms with E-state index in [-0.39, 0.29) is 5.91 Å². The van der Waals surface area contributed by atoms with Crippen molar-refractivity contribution in [2.45, 2.75) is 19.4 Å². The summed E-state index contributed by atoms with van der Waals surface area (Å²) >= 11 is 0. The van der Waals surface area contributed by atoms with Crippen LogP contribution in [-0.4, -0.2) is 16.1 Å². The van der Waals surface area contributed by atoms with Crippen molar-refractivity contribution in [2.75, 3.05) is 16.4 Å². The predicted octanol–water partition coefficient (Wildman–Crippen LogP) is 1.49. The van der Waals surface area contributed by atoms with Crippen molar-refractivity contribution in [3.05, 3.63) is 35.7 Å². The highest BCUT2D eigenvalue weighted by molar-refractivity contribution is 5.95. The van der Waals surface area contributed by atoms with Gasteiger partial charge in [0.25, 0.3) is 0 Å². The molecule has 0 radical (unpaired) electrons. The van der Waals surface area contributed by atoms with Crippen molar-refractivity contribution < 1.29 is 4.79 Å². The Bertz CT molecular complexity index is 606. The summed E-state index contributed by atoms with van der Waals surface area (Å²) in [5.41, 5.74) is 10.4. The van der Waals surface area contributed by atoms with Crippen LogP contribution in [-0.2, 0) is 17.8 Å². The minimum absolute atomic E-state index is 0.0464. The Morgan fingerprint density at radius 2 is 2.26 bits per heavy atom. The van der Waals surface area contributed by atoms with E-state index in [1.807, 2.05) is 18.2 Å². The molecule has 0 spiro atoms. The van der Waals surface area contributed by atoms with Crippen molar-refractivity contribution in [2.24, 2.45) is 0 Å². The fourth-order valence-electron chi connectivity index (χ4n) is 2.17. The minimum atomic E-state index is 0.0464. The topological polar surface area (TPSA) is 95.8 Å². The Kier molecular flexibility index (Phi) is 2.83. The number of rotatable bonds is 3. The molecule has 0 bridgehead atoms. The lowest BCUT2D eigenvalue weighted by molar-refractivity contribution is -0.116. The van der Waals surface area contributed by atoms with E-state index in [9.17, 15) is 4.79 Å². The smallest absolute Gasteiger partial charge is 0.224 e. The molecule has 1 aromatic heterocycles. The molecule has 19 heavy (non-hydrogen) atoms. The second-order valence-corrected chi connectivity index (χ2v) is 4.58. The van der Waals surface area contributed by atoms with Gasteiger partial charge in [0, 0.05) is 18.3 Å². The van der Waals surface area contributed by atoms with Gasteiger partial charge < -0.3 is 16.4 Å². The van der Waals surface area contributed by atoms with E-state index in [1.54, 1.807) is 6.20 Å². The van der Waals surface area contributed by atoms with Crippen LogP contribution >= 0.6 is 0 Å². The molecule has 1 amide bonds. The number of fused-ring (bicyclic) bond motifs is 1. The summed E-state index contributed by atoms with van der Waals surface area (Å²) in [4.78, 5) is 11.3. The fraction of sp³-hybridized carbons (Fsp3) is 0.231. The Hall–Kier alpha value is -2.50. The first kappa shape index (κ1) is 11.6. The average Bonchev–Trinajstić information content (AvgIpc) is 2.89. The van der Waals surface area contributed by atoms with Crippen LogP contribution in [0.25, 0.3) is 0 Å². The van der Waals surface area contributed by atoms with Gasteiger partial charge in [0.05, 0.1) is 23.6 Å². The number of carbonyl (C=O) groups is 1. The molecule has 0 fully saturated rings. The maximum absolute atomic E-state index is 11.3. The lowest BCUT2D eigenvalue weighted by atomic mass is 10.0. The van der Waals surface area contributed by atoms with Crippen LogP contribution in [0.2, 0.25) is 0 Å². The normalized spacial score (nSPS) is 13.8. The fourth-order valence-corrected chi connectivity index (χ4v) is 2.17. The quantitative estimate of drug-likeness (QED) is 0.626. The van der Waals surface area contributed by atoms with E-state index in [1.165, 1.54) is 0 Å². The number of nitrogens with one attached hydrogen (secondary N) is 3. The molecule has 1 aromatic carbocycles. The van der Waals surface area contributed by atoms with Crippen LogP contribution < -0.4 is 16.4 Å². The van der Waals surface area contributed by atoms with E-state index in [2.05, 4.69) is 20.8 Å². The number of hydrogen-bond acceptors (Lipinski definition) is 4. The van der Waals surface area contributed by atoms with E-state index < -0.39 is 0 Å². The van der Waals surface area contributed by atoms with Gasteiger partial charge in [0.1, 0.15) is 0 Å². The monoisotopic (exact) mass is 257 g/mol. The minimum Gasteiger partial charge on any atom is -0.397 e. The number of H-pyrrole nitrogens is 1. The van der Waals surface area contributed by atoms with Crippen LogP contribution in [0.1, 0.15) is 17.7 Å². The largest absolute Gasteiger partial charge is 0.397 e. The van der Waals surface area contributed by atoms with Crippen LogP contribution in [0.4, 0.5) is 17.1 Å². The zero-order valence-electron chi connectivity index (χ0n) is 10.4. The molecular weight excluding hydrogens is 242 g/mol. The van der Waals surface area contributed by atoms with E-state index in [0.29, 0.717) is 18.7 Å². The Morgan fingerprint density at radius 1 is 1.37 bits per heavy atom. The molecule has 0 aliphatic carbocycles. The molecule has 0 saturated carbocycles. The van der Waals surface area contributed by atoms with E-state index in [4.69, 9.17) is 5.73 Å². The summed E-state index contributed by atoms with van der Waals surface area (Å²) in [5.74, 6) is 0.0464. The highest BCUT2D eigenvalue weighted by Crippen LogP contribution is 2.31. The second kappa shape index (κ2) is 4.64. The van der Waals surface area contributed by atoms with Gasteiger partial charge in [-0.1, -0.05) is 0 Å². The standard InChI is InChI=1S/C13H15N5O/c14-10-6-11-8(1-2-13(19)17-11)5-12(10)15-7-9-3-4-16-18-9/h3-6,15H,1-2,7,14H2,(H,16,18)(H,17,19). The average molecular weight is 257 g/mol. The third-order valence-electron chi connectivity index (χ3n) is 3.20. The predicted molar refractivity (Wildman–Crippen MR) is 73.7 cm³/mol. The van der Waals surface area contributed by atoms with Crippen molar-refractivity contribution in [1.29, 1.82) is 0 Å². The van der Waals surface area contributed by atoms with Crippen molar-refractivity contribution in [1.82, 2.24) is 10.2 Å². The van der Waals surface area contributed by atoms with Crippen molar-refractivity contribution in [3.8, 4) is 0 Å². The maximum Gasteiger partial charge on any atom is 0.224 e. The molecule has 2 aromatic rings. The summed E-state index contributed by atoms with van der Waals surface area (Å²) < 4.78 is 0. The van der Waals surface area contributed by atoms with E-state index >= 15 is 0 Å². The summed E-state index contributed by atoms with van der Waals surface area (Å²) in [5, 5.41) is 12.9. The van der Waals surface area contributed by atoms with Crippen LogP contribution in [0, 0.1) is 0 Å². The molecule has 98 valence electrons. The lowest BCUT2D eigenvalue weighted by Crippen LogP contribution is -2.19. The Balaban J connectivity index is 1.80. The highest BCUT2D eigenvalue weighted by atomic mass is 16.1. The summed E-state index contributed by atoms with van der Waals surface area (Å²) in [7, 11) is 0. The van der Waals surface area contributed by atoms with Gasteiger partial charge in [-0.2, -0.15) is 5.10 Å². The third-order valence-corrected chi connectivity index (χ3v) is 3.20. The number of anilines is 3. The van der Waals surface area contributed by atoms with Crippen LogP contribution in [0.3, 0.4) is 0 Å². The molecule has 0 atom stereocenters. The van der Waals surface area contributed by atoms with Gasteiger partial charge in [-0.15, -0.1) is 0 Å². The zero-order valence-corrected chi connectivity index (χ0v) is 10.4. The van der Waals surface area contributed by atoms with Crippen molar-refractivity contribution >= 4 is 23.0 Å². The maximum atomic E-state index is 11.3. The Morgan fingerprint density at radius 3 is 3.05 bits per heavy atom. The van der Waals surface area contributed by atoms with Gasteiger partial charge >= 0.3 is 0 Å². The number of aromatic amines is 1. The van der Waals surface area contributed by atoms with Crippen molar-refractivity contribution in [3.63, 3.8) is 0 Å². The first-order valence-corrected chi connectivity index (χ1v) is 6.17. The first-order valence-electron chi connectivity index (χ1n) is 6.17. The molecular formula is C13H15N5O. The zero-order chi connectivity index (χ0) is 13.2. The molecule has 0 saturated heterocycles. The molecule has 2 heterocycles. The highest BCUT2D eigenvalue weighted by Gasteiger charge is 2.16. The van der Waals surface area contributed by atoms with Crippen LogP contribution in [0.15, 0.2) is 24.4 Å².